The van der Waals surface area contributed by atoms with Crippen LogP contribution in [0.5, 0.6) is 0 Å². The standard InChI is InChI=1S/C17H26N2O2S3.2C13H24N2O4S3/c1-12-4-6-13(7-5-12)17(21)18-11-16(20)19-14(3-2-9-22)15(24)8-10-23;1-9(16)7-19-8-13(18)15-6-12(17)14-5-11(22)4-10(21)2-3-20;16-11(2-1-3-13(18)19)15-8-12(17)14-7-10(22)6-9(21)4-5-20/h4-7,14-15,22-24H,2-3,8-11H2,1H3,(H,18,21)(H,19,20);10-11,20-22H,2-8H2,1H3,(H,14,17)(H,15,18);9-10,20-22H,1-8H2,(H,14,17)(H,15,16)(H,18,19). The molecule has 0 radical (unpaired) electrons. The molecule has 68 heavy (non-hydrogen) atoms. The van der Waals surface area contributed by atoms with Gasteiger partial charge in [0.25, 0.3) is 5.91 Å². The number of hydrogen-bond acceptors (Lipinski definition) is 18. The van der Waals surface area contributed by atoms with Crippen LogP contribution in [0.2, 0.25) is 0 Å². The Bertz CT molecular complexity index is 1560. The van der Waals surface area contributed by atoms with Crippen molar-refractivity contribution in [2.24, 2.45) is 0 Å². The molecule has 1 aromatic carbocycles. The third-order valence-electron chi connectivity index (χ3n) is 8.94. The molecule has 16 nitrogen and oxygen atoms in total. The van der Waals surface area contributed by atoms with Crippen molar-refractivity contribution >= 4 is 161 Å². The maximum Gasteiger partial charge on any atom is 0.303 e. The van der Waals surface area contributed by atoms with E-state index in [9.17, 15) is 38.4 Å². The predicted octanol–water partition coefficient (Wildman–Crippen LogP) is 3.45. The van der Waals surface area contributed by atoms with Crippen LogP contribution in [0.15, 0.2) is 24.3 Å². The zero-order valence-electron chi connectivity index (χ0n) is 38.8. The SMILES string of the molecule is CC(=O)COCC(=O)NCC(=O)NCC(S)CC(S)CCS.Cc1ccc(C(=O)NCC(=O)NC(CCCS)C(S)CCS)cc1.O=C(O)CCCC(=O)NCC(=O)NCC(S)CC(S)CCS. The van der Waals surface area contributed by atoms with Crippen molar-refractivity contribution in [3.05, 3.63) is 35.4 Å². The van der Waals surface area contributed by atoms with Crippen LogP contribution in [-0.2, 0) is 38.3 Å². The van der Waals surface area contributed by atoms with Crippen molar-refractivity contribution in [1.29, 1.82) is 0 Å². The van der Waals surface area contributed by atoms with Gasteiger partial charge in [0.05, 0.1) is 19.6 Å². The quantitative estimate of drug-likeness (QED) is 0.0449. The molecule has 0 saturated carbocycles. The van der Waals surface area contributed by atoms with Crippen LogP contribution in [0.25, 0.3) is 0 Å². The summed E-state index contributed by atoms with van der Waals surface area (Å²) in [6.07, 6.45) is 6.09. The third-order valence-corrected chi connectivity index (χ3v) is 12.4. The fraction of sp³-hybridized carbons (Fsp3) is 0.674. The van der Waals surface area contributed by atoms with Gasteiger partial charge in [0, 0.05) is 63.8 Å². The van der Waals surface area contributed by atoms with Crippen molar-refractivity contribution < 1.29 is 48.2 Å². The molecule has 0 aromatic heterocycles. The third kappa shape index (κ3) is 42.0. The topological polar surface area (TPSA) is 238 Å². The fourth-order valence-corrected chi connectivity index (χ4v) is 9.17. The molecule has 7 N–H and O–H groups in total. The summed E-state index contributed by atoms with van der Waals surface area (Å²) in [4.78, 5) is 90.9. The molecule has 1 aromatic rings. The molecule has 6 amide bonds. The minimum atomic E-state index is -0.939. The number of ether oxygens (including phenoxy) is 1. The maximum absolute atomic E-state index is 12.1. The number of thiol groups is 9. The zero-order valence-corrected chi connectivity index (χ0v) is 46.8. The highest BCUT2D eigenvalue weighted by molar-refractivity contribution is 7.83. The van der Waals surface area contributed by atoms with Crippen LogP contribution in [0.4, 0.5) is 0 Å². The van der Waals surface area contributed by atoms with Crippen LogP contribution in [-0.4, -0.2) is 154 Å². The lowest BCUT2D eigenvalue weighted by atomic mass is 10.1. The van der Waals surface area contributed by atoms with Gasteiger partial charge in [-0.3, -0.25) is 38.4 Å². The summed E-state index contributed by atoms with van der Waals surface area (Å²) >= 11 is 38.8. The van der Waals surface area contributed by atoms with Gasteiger partial charge in [0.15, 0.2) is 5.78 Å². The number of carboxylic acids is 1. The number of carbonyl (C=O) groups excluding carboxylic acids is 7. The van der Waals surface area contributed by atoms with Crippen molar-refractivity contribution in [2.45, 2.75) is 110 Å². The number of ketones is 1. The summed E-state index contributed by atoms with van der Waals surface area (Å²) in [6.45, 7) is 3.47. The van der Waals surface area contributed by atoms with Crippen LogP contribution >= 0.6 is 114 Å². The highest BCUT2D eigenvalue weighted by Crippen LogP contribution is 2.16. The van der Waals surface area contributed by atoms with E-state index >= 15 is 0 Å². The largest absolute Gasteiger partial charge is 0.481 e. The Balaban J connectivity index is 0. The van der Waals surface area contributed by atoms with Gasteiger partial charge in [0.2, 0.25) is 29.5 Å². The Kier molecular flexibility index (Phi) is 44.3. The first-order chi connectivity index (χ1) is 32.2. The Labute approximate surface area is 452 Å². The number of aliphatic carboxylic acids is 1. The van der Waals surface area contributed by atoms with Gasteiger partial charge >= 0.3 is 5.97 Å². The lowest BCUT2D eigenvalue weighted by Gasteiger charge is -2.24. The van der Waals surface area contributed by atoms with Gasteiger partial charge < -0.3 is 41.7 Å². The van der Waals surface area contributed by atoms with E-state index in [1.54, 1.807) is 12.1 Å². The van der Waals surface area contributed by atoms with E-state index < -0.39 is 11.9 Å². The van der Waals surface area contributed by atoms with E-state index in [1.165, 1.54) is 6.92 Å². The van der Waals surface area contributed by atoms with E-state index in [-0.39, 0.29) is 120 Å². The Hall–Kier alpha value is -1.71. The second-order valence-corrected chi connectivity index (χ2v) is 20.8. The molecule has 0 aliphatic carbocycles. The van der Waals surface area contributed by atoms with Crippen molar-refractivity contribution in [3.8, 4) is 0 Å². The summed E-state index contributed by atoms with van der Waals surface area (Å²) < 4.78 is 4.83. The average molecular weight is 1120 g/mol. The number of Topliss-reactive ketones (excluding diaryl/α,β-unsaturated/α-hetero) is 1. The lowest BCUT2D eigenvalue weighted by Crippen LogP contribution is -2.46. The predicted molar refractivity (Wildman–Crippen MR) is 302 cm³/mol. The number of hydrogen-bond donors (Lipinski definition) is 16. The first-order valence-corrected chi connectivity index (χ1v) is 27.1. The zero-order chi connectivity index (χ0) is 51.9. The molecular weight excluding hydrogens is 1050 g/mol. The summed E-state index contributed by atoms with van der Waals surface area (Å²) in [7, 11) is 0. The monoisotopic (exact) mass is 1120 g/mol. The molecule has 1 rings (SSSR count). The number of nitrogens with one attached hydrogen (secondary N) is 6. The summed E-state index contributed by atoms with van der Waals surface area (Å²) in [6, 6.07) is 7.18. The first kappa shape index (κ1) is 68.4. The highest BCUT2D eigenvalue weighted by Gasteiger charge is 2.20. The van der Waals surface area contributed by atoms with Gasteiger partial charge in [-0.15, -0.1) is 0 Å². The molecule has 0 aliphatic heterocycles. The normalized spacial score (nSPS) is 13.2. The van der Waals surface area contributed by atoms with Gasteiger partial charge in [0.1, 0.15) is 13.2 Å². The molecule has 6 unspecified atom stereocenters. The van der Waals surface area contributed by atoms with Crippen LogP contribution in [0, 0.1) is 6.92 Å². The average Bonchev–Trinajstić information content (AvgIpc) is 3.27. The van der Waals surface area contributed by atoms with Crippen LogP contribution in [0.3, 0.4) is 0 Å². The van der Waals surface area contributed by atoms with Crippen LogP contribution in [0.1, 0.15) is 87.1 Å². The molecule has 6 atom stereocenters. The Morgan fingerprint density at radius 2 is 1.06 bits per heavy atom. The van der Waals surface area contributed by atoms with Gasteiger partial charge in [-0.05, 0) is 100 Å². The maximum atomic E-state index is 12.1. The highest BCUT2D eigenvalue weighted by atomic mass is 32.1. The lowest BCUT2D eigenvalue weighted by molar-refractivity contribution is -0.137. The van der Waals surface area contributed by atoms with Crippen LogP contribution < -0.4 is 31.9 Å². The number of benzene rings is 1. The summed E-state index contributed by atoms with van der Waals surface area (Å²) in [5.74, 6) is 0.0617. The summed E-state index contributed by atoms with van der Waals surface area (Å²) in [5, 5.41) is 24.7. The molecule has 0 saturated heterocycles. The van der Waals surface area contributed by atoms with Crippen molar-refractivity contribution in [2.75, 3.05) is 68.9 Å². The molecule has 0 bridgehead atoms. The minimum Gasteiger partial charge on any atom is -0.481 e. The minimum absolute atomic E-state index is 0.000866. The van der Waals surface area contributed by atoms with E-state index in [0.29, 0.717) is 24.4 Å². The molecule has 0 aliphatic rings. The second kappa shape index (κ2) is 44.0. The van der Waals surface area contributed by atoms with E-state index in [1.807, 2.05) is 19.1 Å². The summed E-state index contributed by atoms with van der Waals surface area (Å²) in [5.41, 5.74) is 1.63. The Morgan fingerprint density at radius 1 is 0.559 bits per heavy atom. The fourth-order valence-electron chi connectivity index (χ4n) is 5.33. The van der Waals surface area contributed by atoms with Crippen molar-refractivity contribution in [3.63, 3.8) is 0 Å². The number of aryl methyl sites for hydroxylation is 1. The number of carbonyl (C=O) groups is 8. The van der Waals surface area contributed by atoms with Gasteiger partial charge in [-0.2, -0.15) is 114 Å². The second-order valence-electron chi connectivity index (χ2n) is 15.4. The molecule has 390 valence electrons. The van der Waals surface area contributed by atoms with E-state index in [0.717, 1.165) is 67.8 Å². The molecular formula is C43H74N6O10S9. The number of carboxylic acid groups (broad SMARTS) is 1. The molecule has 25 heteroatoms. The van der Waals surface area contributed by atoms with Crippen molar-refractivity contribution in [1.82, 2.24) is 31.9 Å². The van der Waals surface area contributed by atoms with E-state index in [2.05, 4.69) is 146 Å². The van der Waals surface area contributed by atoms with Gasteiger partial charge in [-0.25, -0.2) is 0 Å². The van der Waals surface area contributed by atoms with Gasteiger partial charge in [-0.1, -0.05) is 17.7 Å². The molecule has 0 heterocycles. The smallest absolute Gasteiger partial charge is 0.303 e. The Morgan fingerprint density at radius 3 is 1.53 bits per heavy atom. The first-order valence-electron chi connectivity index (χ1n) is 22.0. The number of rotatable bonds is 34. The van der Waals surface area contributed by atoms with E-state index in [4.69, 9.17) is 9.84 Å². The molecule has 0 spiro atoms. The number of amides is 6. The molecule has 0 fully saturated rings.